The van der Waals surface area contributed by atoms with Gasteiger partial charge in [-0.25, -0.2) is 9.97 Å². The predicted molar refractivity (Wildman–Crippen MR) is 103 cm³/mol. The van der Waals surface area contributed by atoms with E-state index in [0.717, 1.165) is 6.42 Å². The van der Waals surface area contributed by atoms with Crippen molar-refractivity contribution in [2.75, 3.05) is 10.6 Å². The van der Waals surface area contributed by atoms with Gasteiger partial charge in [0, 0.05) is 11.6 Å². The van der Waals surface area contributed by atoms with Crippen LogP contribution in [0.25, 0.3) is 11.5 Å². The highest BCUT2D eigenvalue weighted by Crippen LogP contribution is 2.35. The molecule has 2 heterocycles. The predicted octanol–water partition coefficient (Wildman–Crippen LogP) is 5.22. The van der Waals surface area contributed by atoms with E-state index in [0.29, 0.717) is 11.4 Å². The molecule has 1 aromatic carbocycles. The molecular weight excluding hydrogens is 385 g/mol. The minimum absolute atomic E-state index is 0.212. The van der Waals surface area contributed by atoms with Crippen LogP contribution in [0.2, 0.25) is 0 Å². The van der Waals surface area contributed by atoms with Gasteiger partial charge in [-0.15, -0.1) is 0 Å². The normalized spacial score (nSPS) is 12.4. The number of nitrogens with one attached hydrogen (secondary N) is 2. The van der Waals surface area contributed by atoms with Gasteiger partial charge in [0.2, 0.25) is 11.7 Å². The maximum atomic E-state index is 13.4. The van der Waals surface area contributed by atoms with Crippen LogP contribution >= 0.6 is 0 Å². The number of amides is 1. The second-order valence-electron chi connectivity index (χ2n) is 6.40. The number of halogens is 3. The van der Waals surface area contributed by atoms with Gasteiger partial charge in [0.25, 0.3) is 5.91 Å². The summed E-state index contributed by atoms with van der Waals surface area (Å²) in [6.07, 6.45) is -2.61. The first-order chi connectivity index (χ1) is 13.8. The molecule has 0 radical (unpaired) electrons. The van der Waals surface area contributed by atoms with E-state index in [1.807, 2.05) is 13.8 Å². The van der Waals surface area contributed by atoms with E-state index in [1.54, 1.807) is 42.5 Å². The standard InChI is InChI=1S/C20H19F3N4O2/c1-3-12(2)25-15-10-9-14(11-24-15)26-18(28)16-17(20(21,22)23)29-19(27-16)13-7-5-4-6-8-13/h4-12H,3H2,1-2H3,(H,24,25)(H,26,28)/t12-/m0/s1. The lowest BCUT2D eigenvalue weighted by molar-refractivity contribution is -0.153. The smallest absolute Gasteiger partial charge is 0.431 e. The molecule has 0 fully saturated rings. The first kappa shape index (κ1) is 20.4. The lowest BCUT2D eigenvalue weighted by Crippen LogP contribution is -2.18. The van der Waals surface area contributed by atoms with Crippen LogP contribution in [0, 0.1) is 0 Å². The zero-order valence-electron chi connectivity index (χ0n) is 15.7. The monoisotopic (exact) mass is 404 g/mol. The van der Waals surface area contributed by atoms with Crippen molar-refractivity contribution < 1.29 is 22.4 Å². The van der Waals surface area contributed by atoms with Crippen LogP contribution < -0.4 is 10.6 Å². The number of pyridine rings is 1. The maximum Gasteiger partial charge on any atom is 0.452 e. The highest BCUT2D eigenvalue weighted by atomic mass is 19.4. The fourth-order valence-electron chi connectivity index (χ4n) is 2.47. The number of oxazole rings is 1. The minimum Gasteiger partial charge on any atom is -0.431 e. The van der Waals surface area contributed by atoms with Gasteiger partial charge in [0.05, 0.1) is 11.9 Å². The molecular formula is C20H19F3N4O2. The summed E-state index contributed by atoms with van der Waals surface area (Å²) in [5, 5.41) is 5.53. The number of nitrogens with zero attached hydrogens (tertiary/aromatic N) is 2. The number of hydrogen-bond donors (Lipinski definition) is 2. The van der Waals surface area contributed by atoms with E-state index < -0.39 is 23.5 Å². The van der Waals surface area contributed by atoms with Gasteiger partial charge in [0.15, 0.2) is 5.69 Å². The van der Waals surface area contributed by atoms with Crippen molar-refractivity contribution in [3.05, 3.63) is 60.1 Å². The molecule has 0 aliphatic carbocycles. The summed E-state index contributed by atoms with van der Waals surface area (Å²) in [6.45, 7) is 4.01. The molecule has 3 rings (SSSR count). The fourth-order valence-corrected chi connectivity index (χ4v) is 2.47. The second kappa shape index (κ2) is 8.34. The number of aromatic nitrogens is 2. The lowest BCUT2D eigenvalue weighted by Gasteiger charge is -2.12. The van der Waals surface area contributed by atoms with Crippen LogP contribution in [0.3, 0.4) is 0 Å². The van der Waals surface area contributed by atoms with Crippen molar-refractivity contribution >= 4 is 17.4 Å². The molecule has 9 heteroatoms. The van der Waals surface area contributed by atoms with Crippen molar-refractivity contribution in [2.24, 2.45) is 0 Å². The highest BCUT2D eigenvalue weighted by molar-refractivity contribution is 6.04. The molecule has 0 aliphatic rings. The molecule has 1 atom stereocenters. The Balaban J connectivity index is 1.84. The van der Waals surface area contributed by atoms with E-state index >= 15 is 0 Å². The molecule has 1 amide bonds. The van der Waals surface area contributed by atoms with E-state index in [1.165, 1.54) is 6.20 Å². The molecule has 0 saturated carbocycles. The van der Waals surface area contributed by atoms with Gasteiger partial charge in [0.1, 0.15) is 5.82 Å². The minimum atomic E-state index is -4.87. The number of hydrogen-bond acceptors (Lipinski definition) is 5. The molecule has 2 aromatic heterocycles. The van der Waals surface area contributed by atoms with Crippen molar-refractivity contribution in [3.8, 4) is 11.5 Å². The first-order valence-corrected chi connectivity index (χ1v) is 8.95. The van der Waals surface area contributed by atoms with Gasteiger partial charge in [-0.3, -0.25) is 4.79 Å². The number of rotatable bonds is 6. The topological polar surface area (TPSA) is 80.0 Å². The lowest BCUT2D eigenvalue weighted by atomic mass is 10.2. The Kier molecular flexibility index (Phi) is 5.86. The van der Waals surface area contributed by atoms with E-state index in [9.17, 15) is 18.0 Å². The third kappa shape index (κ3) is 4.92. The Labute approximate surface area is 165 Å². The summed E-state index contributed by atoms with van der Waals surface area (Å²) >= 11 is 0. The average molecular weight is 404 g/mol. The van der Waals surface area contributed by atoms with Crippen LogP contribution in [0.15, 0.2) is 53.1 Å². The highest BCUT2D eigenvalue weighted by Gasteiger charge is 2.42. The van der Waals surface area contributed by atoms with Crippen LogP contribution in [0.4, 0.5) is 24.7 Å². The molecule has 2 N–H and O–H groups in total. The average Bonchev–Trinajstić information content (AvgIpc) is 3.16. The molecule has 29 heavy (non-hydrogen) atoms. The SMILES string of the molecule is CC[C@H](C)Nc1ccc(NC(=O)c2nc(-c3ccccc3)oc2C(F)(F)F)cn1. The Morgan fingerprint density at radius 1 is 1.17 bits per heavy atom. The molecule has 0 spiro atoms. The molecule has 152 valence electrons. The Morgan fingerprint density at radius 3 is 2.48 bits per heavy atom. The zero-order chi connectivity index (χ0) is 21.0. The van der Waals surface area contributed by atoms with Crippen LogP contribution in [-0.2, 0) is 6.18 Å². The van der Waals surface area contributed by atoms with Gasteiger partial charge in [-0.2, -0.15) is 13.2 Å². The summed E-state index contributed by atoms with van der Waals surface area (Å²) in [6, 6.07) is 11.4. The van der Waals surface area contributed by atoms with Gasteiger partial charge in [-0.05, 0) is 37.6 Å². The molecule has 0 aliphatic heterocycles. The maximum absolute atomic E-state index is 13.4. The van der Waals surface area contributed by atoms with Crippen LogP contribution in [0.1, 0.15) is 36.5 Å². The van der Waals surface area contributed by atoms with Crippen LogP contribution in [0.5, 0.6) is 0 Å². The molecule has 0 bridgehead atoms. The molecule has 6 nitrogen and oxygen atoms in total. The third-order valence-corrected chi connectivity index (χ3v) is 4.15. The van der Waals surface area contributed by atoms with Gasteiger partial charge in [-0.1, -0.05) is 25.1 Å². The largest absolute Gasteiger partial charge is 0.452 e. The second-order valence-corrected chi connectivity index (χ2v) is 6.40. The summed E-state index contributed by atoms with van der Waals surface area (Å²) in [5.41, 5.74) is -0.264. The molecule has 3 aromatic rings. The number of carbonyl (C=O) groups is 1. The number of alkyl halides is 3. The Hall–Kier alpha value is -3.36. The van der Waals surface area contributed by atoms with Gasteiger partial charge < -0.3 is 15.1 Å². The van der Waals surface area contributed by atoms with Crippen molar-refractivity contribution in [1.29, 1.82) is 0 Å². The Bertz CT molecular complexity index is 970. The molecule has 0 saturated heterocycles. The summed E-state index contributed by atoms with van der Waals surface area (Å²) in [4.78, 5) is 20.4. The Morgan fingerprint density at radius 2 is 1.90 bits per heavy atom. The zero-order valence-corrected chi connectivity index (χ0v) is 15.7. The van der Waals surface area contributed by atoms with E-state index in [4.69, 9.17) is 4.42 Å². The van der Waals surface area contributed by atoms with E-state index in [-0.39, 0.29) is 17.6 Å². The summed E-state index contributed by atoms with van der Waals surface area (Å²) in [5.74, 6) is -2.17. The quantitative estimate of drug-likeness (QED) is 0.589. The number of carbonyl (C=O) groups excluding carboxylic acids is 1. The van der Waals surface area contributed by atoms with E-state index in [2.05, 4.69) is 20.6 Å². The first-order valence-electron chi connectivity index (χ1n) is 8.95. The number of benzene rings is 1. The third-order valence-electron chi connectivity index (χ3n) is 4.15. The van der Waals surface area contributed by atoms with Crippen molar-refractivity contribution in [3.63, 3.8) is 0 Å². The van der Waals surface area contributed by atoms with Gasteiger partial charge >= 0.3 is 6.18 Å². The van der Waals surface area contributed by atoms with Crippen molar-refractivity contribution in [2.45, 2.75) is 32.5 Å². The fraction of sp³-hybridized carbons (Fsp3) is 0.250. The molecule has 0 unspecified atom stereocenters. The number of anilines is 2. The summed E-state index contributed by atoms with van der Waals surface area (Å²) < 4.78 is 44.9. The van der Waals surface area contributed by atoms with Crippen molar-refractivity contribution in [1.82, 2.24) is 9.97 Å². The van der Waals surface area contributed by atoms with Crippen LogP contribution in [-0.4, -0.2) is 21.9 Å². The summed E-state index contributed by atoms with van der Waals surface area (Å²) in [7, 11) is 0.